The molecule has 97 heavy (non-hydrogen) atoms. The molecule has 3 fully saturated rings. The van der Waals surface area contributed by atoms with Crippen LogP contribution in [-0.2, 0) is 75.6 Å². The van der Waals surface area contributed by atoms with Crippen molar-refractivity contribution in [3.05, 3.63) is 0 Å². The number of unbranched alkanes of at least 4 members (excludes halogenated alkanes) is 7. The zero-order chi connectivity index (χ0) is 72.0. The number of ether oxygens (including phenoxy) is 6. The van der Waals surface area contributed by atoms with E-state index < -0.39 is 161 Å². The van der Waals surface area contributed by atoms with E-state index in [9.17, 15) is 94.1 Å². The molecule has 0 aliphatic carbocycles. The molecule has 0 aromatic heterocycles. The van der Waals surface area contributed by atoms with Crippen LogP contribution in [0.5, 0.6) is 0 Å². The number of nitrogens with one attached hydrogen (secondary N) is 6. The summed E-state index contributed by atoms with van der Waals surface area (Å²) in [5.41, 5.74) is 0. The Balaban J connectivity index is 1.66. The molecule has 3 saturated heterocycles. The predicted molar refractivity (Wildman–Crippen MR) is 344 cm³/mol. The fraction of sp³-hybridized carbons (Fsp3) is 0.889. The Labute approximate surface area is 568 Å². The number of carbonyl (C=O) groups is 7. The molecule has 2 unspecified atom stereocenters. The van der Waals surface area contributed by atoms with Gasteiger partial charge in [-0.05, 0) is 83.5 Å². The van der Waals surface area contributed by atoms with Gasteiger partial charge in [0.25, 0.3) is 0 Å². The van der Waals surface area contributed by atoms with E-state index in [0.29, 0.717) is 70.8 Å². The summed E-state index contributed by atoms with van der Waals surface area (Å²) < 4.78 is 54.8. The molecular weight excluding hydrogens is 1300 g/mol. The Morgan fingerprint density at radius 1 is 0.495 bits per heavy atom. The van der Waals surface area contributed by atoms with Crippen molar-refractivity contribution in [1.82, 2.24) is 31.9 Å². The Hall–Kier alpha value is -3.88. The van der Waals surface area contributed by atoms with Gasteiger partial charge in [0.1, 0.15) is 66.6 Å². The zero-order valence-electron chi connectivity index (χ0n) is 57.0. The number of hydrogen-bond donors (Lipinski definition) is 17. The lowest BCUT2D eigenvalue weighted by Crippen LogP contribution is -2.64. The van der Waals surface area contributed by atoms with Crippen LogP contribution in [-0.4, -0.2) is 269 Å². The van der Waals surface area contributed by atoms with Gasteiger partial charge < -0.3 is 111 Å². The Morgan fingerprint density at radius 3 is 1.37 bits per heavy atom. The predicted octanol–water partition coefficient (Wildman–Crippen LogP) is -1.78. The minimum atomic E-state index is -4.05. The second kappa shape index (κ2) is 48.1. The molecule has 20 atom stereocenters. The van der Waals surface area contributed by atoms with Gasteiger partial charge in [0.2, 0.25) is 29.5 Å². The highest BCUT2D eigenvalue weighted by atomic mass is 31.2. The molecule has 17 N–H and O–H groups in total. The van der Waals surface area contributed by atoms with Crippen LogP contribution < -0.4 is 31.9 Å². The maximum Gasteiger partial charge on any atom is 0.471 e. The summed E-state index contributed by atoms with van der Waals surface area (Å²) in [6.45, 7) is 6.01. The lowest BCUT2D eigenvalue weighted by molar-refractivity contribution is -0.282. The molecule has 3 aliphatic heterocycles. The van der Waals surface area contributed by atoms with Gasteiger partial charge in [-0.3, -0.25) is 47.9 Å². The summed E-state index contributed by atoms with van der Waals surface area (Å²) in [4.78, 5) is 102. The highest BCUT2D eigenvalue weighted by Crippen LogP contribution is 2.42. The molecule has 3 rings (SSSR count). The van der Waals surface area contributed by atoms with E-state index in [1.165, 1.54) is 6.92 Å². The minimum absolute atomic E-state index is 0.0208. The maximum atomic E-state index is 14.1. The van der Waals surface area contributed by atoms with E-state index in [4.69, 9.17) is 32.9 Å². The minimum Gasteiger partial charge on any atom is -0.394 e. The molecular formula is C63H115N6O27P. The molecule has 5 amide bonds. The van der Waals surface area contributed by atoms with E-state index in [1.54, 1.807) is 20.8 Å². The smallest absolute Gasteiger partial charge is 0.394 e. The number of carbonyl (C=O) groups excluding carboxylic acids is 7. The first-order chi connectivity index (χ1) is 46.2. The van der Waals surface area contributed by atoms with Crippen LogP contribution in [0, 0.1) is 23.7 Å². The molecule has 0 bridgehead atoms. The average Bonchev–Trinajstić information content (AvgIpc) is 0.873. The third-order valence-corrected chi connectivity index (χ3v) is 18.5. The number of phosphoric acid groups is 1. The third-order valence-electron chi connectivity index (χ3n) is 17.5. The normalized spacial score (nSPS) is 27.7. The van der Waals surface area contributed by atoms with Crippen molar-refractivity contribution in [3.8, 4) is 0 Å². The molecule has 3 heterocycles. The van der Waals surface area contributed by atoms with E-state index in [0.717, 1.165) is 13.5 Å². The summed E-state index contributed by atoms with van der Waals surface area (Å²) >= 11 is 0. The van der Waals surface area contributed by atoms with Crippen LogP contribution in [0.3, 0.4) is 0 Å². The SMILES string of the molecule is COP(=O)(O)OCCCCCCNC(=O)CCCCC(=O)[C@H](CCC(=O)NCCCCO[C@@H]1O[C@H](CO)[C@H](O)[C@H](O)[C@H]1C)NC(O)[C@H](CCC(=O)NCCCCO[C@@H]1O[C@H](CO)[C@H](O)[C@H](O)[C@H]1NC(C)=O)CC(=O)[C@@H](C)CCC(=O)NCCCCO[C@@H]1O[C@H](CO)[C@H](O)[C@H](O)[C@H]1C. The van der Waals surface area contributed by atoms with Gasteiger partial charge in [-0.2, -0.15) is 0 Å². The molecule has 564 valence electrons. The van der Waals surface area contributed by atoms with Gasteiger partial charge >= 0.3 is 7.82 Å². The summed E-state index contributed by atoms with van der Waals surface area (Å²) in [7, 11) is -2.98. The van der Waals surface area contributed by atoms with Crippen LogP contribution in [0.2, 0.25) is 0 Å². The Kier molecular flexibility index (Phi) is 43.3. The highest BCUT2D eigenvalue weighted by molar-refractivity contribution is 7.47. The maximum absolute atomic E-state index is 14.1. The zero-order valence-corrected chi connectivity index (χ0v) is 57.9. The molecule has 34 heteroatoms. The number of aliphatic hydroxyl groups is 10. The standard InChI is InChI=1S/C63H115N6O27P/c1-38(20-23-50(77)65-27-11-15-30-90-61-39(2)54(80)56(82)46(35-70)94-61)45(75)34-42(21-24-51(78)66-28-13-17-32-92-63-53(68-41(4)73)59(85)58(84)48(37-72)96-63)60(86)69-43(44(74)18-8-9-19-49(76)64-26-10-6-7-14-33-93-97(87,88)89-5)22-25-52(79)67-29-12-16-31-91-62-40(3)55(81)57(83)47(36-71)95-62/h38-40,42-43,46-48,53-63,69-72,80-86H,6-37H2,1-5H3,(H,64,76)(H,65,77)(H,66,78)(H,67,79)(H,68,73)(H,87,88)/t38-,39+,40+,42+,43-,46+,47+,48+,53+,54+,55+,56-,57-,58-,59+,60?,61+,62+,63+/m0/s1. The van der Waals surface area contributed by atoms with Crippen LogP contribution in [0.15, 0.2) is 0 Å². The van der Waals surface area contributed by atoms with Crippen molar-refractivity contribution in [2.75, 3.05) is 79.5 Å². The van der Waals surface area contributed by atoms with Crippen molar-refractivity contribution >= 4 is 48.9 Å². The second-order valence-electron chi connectivity index (χ2n) is 25.4. The van der Waals surface area contributed by atoms with Gasteiger partial charge in [-0.15, -0.1) is 0 Å². The quantitative estimate of drug-likeness (QED) is 0.0182. The number of amides is 5. The van der Waals surface area contributed by atoms with Crippen LogP contribution >= 0.6 is 7.82 Å². The van der Waals surface area contributed by atoms with Crippen molar-refractivity contribution in [2.24, 2.45) is 23.7 Å². The number of rotatable bonds is 52. The molecule has 0 saturated carbocycles. The van der Waals surface area contributed by atoms with E-state index in [1.807, 2.05) is 0 Å². The molecule has 0 radical (unpaired) electrons. The number of hydrogen-bond acceptors (Lipinski definition) is 27. The van der Waals surface area contributed by atoms with Crippen LogP contribution in [0.25, 0.3) is 0 Å². The monoisotopic (exact) mass is 1420 g/mol. The van der Waals surface area contributed by atoms with E-state index >= 15 is 0 Å². The van der Waals surface area contributed by atoms with Crippen LogP contribution in [0.4, 0.5) is 0 Å². The Bertz CT molecular complexity index is 2340. The first-order valence-electron chi connectivity index (χ1n) is 34.3. The van der Waals surface area contributed by atoms with Crippen molar-refractivity contribution in [3.63, 3.8) is 0 Å². The van der Waals surface area contributed by atoms with Gasteiger partial charge in [0.15, 0.2) is 18.9 Å². The van der Waals surface area contributed by atoms with E-state index in [-0.39, 0.29) is 134 Å². The van der Waals surface area contributed by atoms with Crippen molar-refractivity contribution in [2.45, 2.75) is 255 Å². The molecule has 3 aliphatic rings. The molecule has 0 aromatic rings. The lowest BCUT2D eigenvalue weighted by Gasteiger charge is -2.42. The lowest BCUT2D eigenvalue weighted by atomic mass is 9.88. The largest absolute Gasteiger partial charge is 0.471 e. The van der Waals surface area contributed by atoms with E-state index in [2.05, 4.69) is 36.4 Å². The number of aliphatic hydroxyl groups excluding tert-OH is 10. The van der Waals surface area contributed by atoms with Gasteiger partial charge in [-0.25, -0.2) is 4.57 Å². The number of ketones is 2. The second-order valence-corrected chi connectivity index (χ2v) is 26.9. The first-order valence-corrected chi connectivity index (χ1v) is 35.8. The van der Waals surface area contributed by atoms with Gasteiger partial charge in [-0.1, -0.05) is 33.6 Å². The Morgan fingerprint density at radius 2 is 0.897 bits per heavy atom. The highest BCUT2D eigenvalue weighted by Gasteiger charge is 2.46. The number of phosphoric ester groups is 1. The van der Waals surface area contributed by atoms with Crippen LogP contribution in [0.1, 0.15) is 163 Å². The van der Waals surface area contributed by atoms with Crippen molar-refractivity contribution in [1.29, 1.82) is 0 Å². The molecule has 0 aromatic carbocycles. The van der Waals surface area contributed by atoms with Crippen molar-refractivity contribution < 1.29 is 132 Å². The van der Waals surface area contributed by atoms with Gasteiger partial charge in [0.05, 0.1) is 44.7 Å². The molecule has 33 nitrogen and oxygen atoms in total. The fourth-order valence-corrected chi connectivity index (χ4v) is 11.6. The summed E-state index contributed by atoms with van der Waals surface area (Å²) in [6.07, 6.45) is -10.4. The first kappa shape index (κ1) is 87.3. The fourth-order valence-electron chi connectivity index (χ4n) is 11.2. The summed E-state index contributed by atoms with van der Waals surface area (Å²) in [5.74, 6) is -5.46. The topological polar surface area (TPSA) is 505 Å². The van der Waals surface area contributed by atoms with Gasteiger partial charge in [0, 0.05) is 122 Å². The average molecular weight is 1420 g/mol. The third kappa shape index (κ3) is 33.2. The summed E-state index contributed by atoms with van der Waals surface area (Å²) in [6, 6.07) is -2.27. The summed E-state index contributed by atoms with van der Waals surface area (Å²) in [5, 5.41) is 119. The molecule has 0 spiro atoms. The number of Topliss-reactive ketones (excluding diaryl/α,β-unsaturated/α-hetero) is 2.